The van der Waals surface area contributed by atoms with E-state index < -0.39 is 0 Å². The molecule has 8 nitrogen and oxygen atoms in total. The van der Waals surface area contributed by atoms with Gasteiger partial charge in [0.05, 0.1) is 19.4 Å². The number of Topliss-reactive ketones (excluding diaryl/α,β-unsaturated/α-hetero) is 1. The van der Waals surface area contributed by atoms with Crippen LogP contribution in [-0.2, 0) is 4.74 Å². The summed E-state index contributed by atoms with van der Waals surface area (Å²) >= 11 is 0. The molecule has 0 spiro atoms. The molecule has 0 radical (unpaired) electrons. The van der Waals surface area contributed by atoms with Crippen LogP contribution in [0, 0.1) is 0 Å². The van der Waals surface area contributed by atoms with Crippen LogP contribution >= 0.6 is 0 Å². The third kappa shape index (κ3) is 5.20. The molecule has 25 heavy (non-hydrogen) atoms. The van der Waals surface area contributed by atoms with Crippen LogP contribution in [0.1, 0.15) is 17.3 Å². The van der Waals surface area contributed by atoms with Crippen molar-refractivity contribution < 1.29 is 9.53 Å². The summed E-state index contributed by atoms with van der Waals surface area (Å²) in [4.78, 5) is 18.0. The van der Waals surface area contributed by atoms with Gasteiger partial charge in [0.2, 0.25) is 5.95 Å². The number of ether oxygens (including phenoxy) is 1. The molecular formula is C17H22N6O2. The van der Waals surface area contributed by atoms with Gasteiger partial charge in [0.15, 0.2) is 11.6 Å². The van der Waals surface area contributed by atoms with E-state index in [1.807, 2.05) is 12.1 Å². The van der Waals surface area contributed by atoms with E-state index in [1.165, 1.54) is 0 Å². The van der Waals surface area contributed by atoms with Crippen LogP contribution in [0.2, 0.25) is 0 Å². The minimum Gasteiger partial charge on any atom is -0.379 e. The van der Waals surface area contributed by atoms with Gasteiger partial charge in [-0.1, -0.05) is 0 Å². The van der Waals surface area contributed by atoms with Crippen molar-refractivity contribution in [3.63, 3.8) is 0 Å². The number of hydrogen-bond acceptors (Lipinski definition) is 8. The summed E-state index contributed by atoms with van der Waals surface area (Å²) in [5.74, 6) is 1.13. The Bertz CT molecular complexity index is 701. The van der Waals surface area contributed by atoms with E-state index in [1.54, 1.807) is 25.3 Å². The Hall–Kier alpha value is -2.58. The van der Waals surface area contributed by atoms with Crippen molar-refractivity contribution in [3.05, 3.63) is 36.0 Å². The molecule has 1 saturated heterocycles. The fourth-order valence-electron chi connectivity index (χ4n) is 2.53. The van der Waals surface area contributed by atoms with E-state index in [2.05, 4.69) is 30.7 Å². The summed E-state index contributed by atoms with van der Waals surface area (Å²) in [6.07, 6.45) is 1.56. The summed E-state index contributed by atoms with van der Waals surface area (Å²) in [6.45, 7) is 6.71. The molecule has 0 amide bonds. The summed E-state index contributed by atoms with van der Waals surface area (Å²) in [6, 6.07) is 7.23. The van der Waals surface area contributed by atoms with Crippen molar-refractivity contribution >= 4 is 23.2 Å². The van der Waals surface area contributed by atoms with Crippen LogP contribution < -0.4 is 10.6 Å². The Kier molecular flexibility index (Phi) is 5.86. The highest BCUT2D eigenvalue weighted by atomic mass is 16.5. The van der Waals surface area contributed by atoms with Crippen molar-refractivity contribution in [2.75, 3.05) is 50.0 Å². The quantitative estimate of drug-likeness (QED) is 0.733. The second-order valence-corrected chi connectivity index (χ2v) is 5.80. The van der Waals surface area contributed by atoms with Crippen molar-refractivity contribution in [1.82, 2.24) is 20.1 Å². The van der Waals surface area contributed by atoms with Crippen LogP contribution in [0.15, 0.2) is 30.5 Å². The Morgan fingerprint density at radius 3 is 2.72 bits per heavy atom. The standard InChI is InChI=1S/C17H22N6O2/c1-13(24)14-2-4-15(5-3-14)20-16-12-19-22-17(21-16)18-6-7-23-8-10-25-11-9-23/h2-5,12H,6-11H2,1H3,(H2,18,20,21,22). The lowest BCUT2D eigenvalue weighted by Gasteiger charge is -2.26. The Labute approximate surface area is 146 Å². The van der Waals surface area contributed by atoms with E-state index in [-0.39, 0.29) is 5.78 Å². The van der Waals surface area contributed by atoms with Crippen molar-refractivity contribution in [2.24, 2.45) is 0 Å². The van der Waals surface area contributed by atoms with Gasteiger partial charge in [-0.05, 0) is 31.2 Å². The summed E-state index contributed by atoms with van der Waals surface area (Å²) in [7, 11) is 0. The van der Waals surface area contributed by atoms with Crippen LogP contribution in [0.4, 0.5) is 17.5 Å². The van der Waals surface area contributed by atoms with Gasteiger partial charge in [-0.15, -0.1) is 5.10 Å². The lowest BCUT2D eigenvalue weighted by Crippen LogP contribution is -2.39. The zero-order valence-electron chi connectivity index (χ0n) is 14.2. The SMILES string of the molecule is CC(=O)c1ccc(Nc2cnnc(NCCN3CCOCC3)n2)cc1. The first-order valence-electron chi connectivity index (χ1n) is 8.32. The molecule has 1 aliphatic rings. The molecule has 1 fully saturated rings. The number of hydrogen-bond donors (Lipinski definition) is 2. The molecule has 2 N–H and O–H groups in total. The van der Waals surface area contributed by atoms with Crippen LogP contribution in [0.25, 0.3) is 0 Å². The molecule has 132 valence electrons. The predicted molar refractivity (Wildman–Crippen MR) is 95.3 cm³/mol. The van der Waals surface area contributed by atoms with Crippen LogP contribution in [-0.4, -0.2) is 65.3 Å². The summed E-state index contributed by atoms with van der Waals surface area (Å²) in [5.41, 5.74) is 1.52. The zero-order valence-corrected chi connectivity index (χ0v) is 14.2. The van der Waals surface area contributed by atoms with Crippen LogP contribution in [0.5, 0.6) is 0 Å². The summed E-state index contributed by atoms with van der Waals surface area (Å²) < 4.78 is 5.33. The van der Waals surface area contributed by atoms with Gasteiger partial charge in [-0.3, -0.25) is 9.69 Å². The first-order chi connectivity index (χ1) is 12.2. The fourth-order valence-corrected chi connectivity index (χ4v) is 2.53. The first kappa shape index (κ1) is 17.2. The monoisotopic (exact) mass is 342 g/mol. The molecule has 2 heterocycles. The first-order valence-corrected chi connectivity index (χ1v) is 8.32. The van der Waals surface area contributed by atoms with E-state index in [0.717, 1.165) is 45.1 Å². The number of aromatic nitrogens is 3. The largest absolute Gasteiger partial charge is 0.379 e. The Balaban J connectivity index is 1.52. The molecule has 0 aliphatic carbocycles. The van der Waals surface area contributed by atoms with Gasteiger partial charge in [-0.2, -0.15) is 10.1 Å². The second kappa shape index (κ2) is 8.50. The molecule has 0 saturated carbocycles. The highest BCUT2D eigenvalue weighted by molar-refractivity contribution is 5.94. The van der Waals surface area contributed by atoms with E-state index >= 15 is 0 Å². The molecule has 1 aromatic carbocycles. The Morgan fingerprint density at radius 2 is 2.00 bits per heavy atom. The van der Waals surface area contributed by atoms with E-state index in [9.17, 15) is 4.79 Å². The molecule has 0 bridgehead atoms. The second-order valence-electron chi connectivity index (χ2n) is 5.80. The third-order valence-electron chi connectivity index (χ3n) is 3.94. The average Bonchev–Trinajstić information content (AvgIpc) is 2.63. The fraction of sp³-hybridized carbons (Fsp3) is 0.412. The molecule has 0 atom stereocenters. The topological polar surface area (TPSA) is 92.3 Å². The number of rotatable bonds is 7. The number of benzene rings is 1. The van der Waals surface area contributed by atoms with Crippen molar-refractivity contribution in [1.29, 1.82) is 0 Å². The minimum atomic E-state index is 0.0435. The van der Waals surface area contributed by atoms with E-state index in [4.69, 9.17) is 4.74 Å². The van der Waals surface area contributed by atoms with Crippen LogP contribution in [0.3, 0.4) is 0 Å². The predicted octanol–water partition coefficient (Wildman–Crippen LogP) is 1.56. The highest BCUT2D eigenvalue weighted by Crippen LogP contribution is 2.15. The smallest absolute Gasteiger partial charge is 0.244 e. The molecule has 1 aliphatic heterocycles. The number of anilines is 3. The maximum absolute atomic E-state index is 11.3. The molecule has 3 rings (SSSR count). The molecule has 8 heteroatoms. The minimum absolute atomic E-state index is 0.0435. The lowest BCUT2D eigenvalue weighted by atomic mass is 10.1. The normalized spacial score (nSPS) is 14.9. The van der Waals surface area contributed by atoms with Crippen molar-refractivity contribution in [3.8, 4) is 0 Å². The van der Waals surface area contributed by atoms with Gasteiger partial charge in [0.25, 0.3) is 0 Å². The van der Waals surface area contributed by atoms with E-state index in [0.29, 0.717) is 17.3 Å². The molecule has 2 aromatic rings. The van der Waals surface area contributed by atoms with Crippen molar-refractivity contribution in [2.45, 2.75) is 6.92 Å². The highest BCUT2D eigenvalue weighted by Gasteiger charge is 2.09. The lowest BCUT2D eigenvalue weighted by molar-refractivity contribution is 0.0398. The van der Waals surface area contributed by atoms with Gasteiger partial charge in [0, 0.05) is 37.4 Å². The maximum Gasteiger partial charge on any atom is 0.244 e. The number of nitrogens with zero attached hydrogens (tertiary/aromatic N) is 4. The number of carbonyl (C=O) groups is 1. The van der Waals surface area contributed by atoms with Gasteiger partial charge < -0.3 is 15.4 Å². The number of carbonyl (C=O) groups excluding carboxylic acids is 1. The van der Waals surface area contributed by atoms with Gasteiger partial charge >= 0.3 is 0 Å². The summed E-state index contributed by atoms with van der Waals surface area (Å²) in [5, 5.41) is 14.3. The molecular weight excluding hydrogens is 320 g/mol. The van der Waals surface area contributed by atoms with Gasteiger partial charge in [-0.25, -0.2) is 0 Å². The molecule has 0 unspecified atom stereocenters. The maximum atomic E-state index is 11.3. The zero-order chi connectivity index (χ0) is 17.5. The number of ketones is 1. The van der Waals surface area contributed by atoms with Gasteiger partial charge in [0.1, 0.15) is 0 Å². The molecule has 1 aromatic heterocycles. The Morgan fingerprint density at radius 1 is 1.24 bits per heavy atom. The number of nitrogens with one attached hydrogen (secondary N) is 2. The third-order valence-corrected chi connectivity index (χ3v) is 3.94. The average molecular weight is 342 g/mol. The number of morpholine rings is 1.